The van der Waals surface area contributed by atoms with E-state index in [0.717, 1.165) is 0 Å². The summed E-state index contributed by atoms with van der Waals surface area (Å²) in [4.78, 5) is 25.5. The molecule has 2 aliphatic heterocycles. The molecule has 8 heteroatoms. The molecule has 22 heavy (non-hydrogen) atoms. The molecule has 7 nitrogen and oxygen atoms in total. The summed E-state index contributed by atoms with van der Waals surface area (Å²) in [6.07, 6.45) is 2.57. The first-order chi connectivity index (χ1) is 10.5. The van der Waals surface area contributed by atoms with Crippen LogP contribution in [0.2, 0.25) is 0 Å². The van der Waals surface area contributed by atoms with Crippen LogP contribution in [-0.2, 0) is 14.3 Å². The van der Waals surface area contributed by atoms with E-state index in [2.05, 4.69) is 17.9 Å². The number of carbonyl (C=O) groups is 2. The molecule has 2 rings (SSSR count). The summed E-state index contributed by atoms with van der Waals surface area (Å²) in [5, 5.41) is 21.8. The Hall–Kier alpha value is -2.03. The fourth-order valence-electron chi connectivity index (χ4n) is 3.13. The highest BCUT2D eigenvalue weighted by molar-refractivity contribution is 7.84. The summed E-state index contributed by atoms with van der Waals surface area (Å²) in [5.41, 5.74) is -0.791. The van der Waals surface area contributed by atoms with E-state index in [1.807, 2.05) is 6.07 Å². The maximum absolute atomic E-state index is 12.4. The molecule has 0 saturated carbocycles. The van der Waals surface area contributed by atoms with Crippen LogP contribution < -0.4 is 5.32 Å². The van der Waals surface area contributed by atoms with Crippen molar-refractivity contribution in [1.29, 1.82) is 10.5 Å². The van der Waals surface area contributed by atoms with Gasteiger partial charge in [0.05, 0.1) is 18.2 Å². The molecule has 0 aromatic carbocycles. The molecule has 1 fully saturated rings. The summed E-state index contributed by atoms with van der Waals surface area (Å²) in [6.45, 7) is 2.98. The predicted molar refractivity (Wildman–Crippen MR) is 78.7 cm³/mol. The number of ether oxygens (including phenoxy) is 1. The molecule has 2 heterocycles. The smallest absolute Gasteiger partial charge is 0.337 e. The first-order valence-electron chi connectivity index (χ1n) is 6.98. The highest BCUT2D eigenvalue weighted by atomic mass is 32.1. The van der Waals surface area contributed by atoms with Gasteiger partial charge in [-0.1, -0.05) is 0 Å². The van der Waals surface area contributed by atoms with Gasteiger partial charge in [0, 0.05) is 5.41 Å². The molecule has 1 N–H and O–H groups in total. The number of hydrogen-bond donors (Lipinski definition) is 2. The summed E-state index contributed by atoms with van der Waals surface area (Å²) < 4.78 is 5.08. The molecule has 0 unspecified atom stereocenters. The van der Waals surface area contributed by atoms with Crippen molar-refractivity contribution < 1.29 is 14.3 Å². The topological polar surface area (TPSA) is 106 Å². The fraction of sp³-hybridized carbons (Fsp3) is 0.571. The van der Waals surface area contributed by atoms with Crippen molar-refractivity contribution in [2.45, 2.75) is 19.8 Å². The van der Waals surface area contributed by atoms with Crippen molar-refractivity contribution in [2.75, 3.05) is 19.7 Å². The van der Waals surface area contributed by atoms with Crippen LogP contribution >= 0.6 is 12.6 Å². The Morgan fingerprint density at radius 3 is 2.64 bits per heavy atom. The van der Waals surface area contributed by atoms with Gasteiger partial charge in [0.15, 0.2) is 6.19 Å². The van der Waals surface area contributed by atoms with Gasteiger partial charge in [-0.15, -0.1) is 12.6 Å². The van der Waals surface area contributed by atoms with Crippen molar-refractivity contribution in [1.82, 2.24) is 10.2 Å². The molecule has 0 bridgehead atoms. The summed E-state index contributed by atoms with van der Waals surface area (Å²) in [5.74, 6) is -2.35. The third-order valence-corrected chi connectivity index (χ3v) is 4.58. The van der Waals surface area contributed by atoms with Gasteiger partial charge in [-0.2, -0.15) is 10.5 Å². The van der Waals surface area contributed by atoms with Crippen LogP contribution in [0.3, 0.4) is 0 Å². The lowest BCUT2D eigenvalue weighted by atomic mass is 9.63. The Morgan fingerprint density at radius 2 is 2.14 bits per heavy atom. The number of piperidine rings is 1. The quantitative estimate of drug-likeness (QED) is 0.436. The van der Waals surface area contributed by atoms with Crippen LogP contribution in [0.5, 0.6) is 0 Å². The van der Waals surface area contributed by atoms with Crippen molar-refractivity contribution in [2.24, 2.45) is 11.3 Å². The van der Waals surface area contributed by atoms with E-state index in [0.29, 0.717) is 30.8 Å². The van der Waals surface area contributed by atoms with Crippen molar-refractivity contribution in [3.8, 4) is 12.3 Å². The van der Waals surface area contributed by atoms with Crippen molar-refractivity contribution in [3.63, 3.8) is 0 Å². The zero-order valence-corrected chi connectivity index (χ0v) is 13.0. The molecule has 0 aliphatic carbocycles. The van der Waals surface area contributed by atoms with Crippen LogP contribution in [0.15, 0.2) is 10.6 Å². The maximum Gasteiger partial charge on any atom is 0.337 e. The third-order valence-electron chi connectivity index (χ3n) is 4.16. The van der Waals surface area contributed by atoms with Crippen molar-refractivity contribution in [3.05, 3.63) is 10.6 Å². The lowest BCUT2D eigenvalue weighted by molar-refractivity contribution is -0.143. The standard InChI is InChI=1S/C14H16N4O3S/c1-2-21-13(20)10-12(22)18(8-16)11(19)9(7-15)14(10)3-5-17-6-4-14/h9,17,22H,2-6H2,1H3/t9-/m0/s1. The SMILES string of the molecule is CCOC(=O)C1=C(S)N(C#N)C(=O)[C@H](C#N)C12CCNCC2. The number of thiol groups is 1. The van der Waals surface area contributed by atoms with Crippen LogP contribution in [-0.4, -0.2) is 36.5 Å². The minimum Gasteiger partial charge on any atom is -0.463 e. The number of nitrogens with one attached hydrogen (secondary N) is 1. The molecular weight excluding hydrogens is 304 g/mol. The summed E-state index contributed by atoms with van der Waals surface area (Å²) >= 11 is 4.22. The molecule has 1 atom stereocenters. The molecular formula is C14H16N4O3S. The molecule has 1 saturated heterocycles. The van der Waals surface area contributed by atoms with Gasteiger partial charge in [-0.3, -0.25) is 4.79 Å². The van der Waals surface area contributed by atoms with Crippen LogP contribution in [0.4, 0.5) is 0 Å². The predicted octanol–water partition coefficient (Wildman–Crippen LogP) is 0.524. The second-order valence-electron chi connectivity index (χ2n) is 5.16. The number of nitriles is 2. The van der Waals surface area contributed by atoms with E-state index in [1.165, 1.54) is 0 Å². The average Bonchev–Trinajstić information content (AvgIpc) is 2.49. The van der Waals surface area contributed by atoms with Gasteiger partial charge >= 0.3 is 5.97 Å². The first kappa shape index (κ1) is 16.3. The van der Waals surface area contributed by atoms with E-state index in [4.69, 9.17) is 10.00 Å². The largest absolute Gasteiger partial charge is 0.463 e. The average molecular weight is 320 g/mol. The molecule has 0 aromatic rings. The van der Waals surface area contributed by atoms with Gasteiger partial charge in [-0.05, 0) is 32.9 Å². The molecule has 1 spiro atoms. The molecule has 0 radical (unpaired) electrons. The zero-order chi connectivity index (χ0) is 16.3. The Bertz CT molecular complexity index is 611. The van der Waals surface area contributed by atoms with Gasteiger partial charge in [0.25, 0.3) is 5.91 Å². The van der Waals surface area contributed by atoms with Gasteiger partial charge < -0.3 is 10.1 Å². The second kappa shape index (κ2) is 6.39. The van der Waals surface area contributed by atoms with E-state index in [-0.39, 0.29) is 17.2 Å². The van der Waals surface area contributed by atoms with Crippen LogP contribution in [0.25, 0.3) is 0 Å². The lowest BCUT2D eigenvalue weighted by Gasteiger charge is -2.45. The molecule has 0 aromatic heterocycles. The summed E-state index contributed by atoms with van der Waals surface area (Å²) in [7, 11) is 0. The highest BCUT2D eigenvalue weighted by Gasteiger charge is 2.56. The van der Waals surface area contributed by atoms with Gasteiger partial charge in [0.2, 0.25) is 0 Å². The Morgan fingerprint density at radius 1 is 1.50 bits per heavy atom. The number of rotatable bonds is 2. The van der Waals surface area contributed by atoms with Gasteiger partial charge in [-0.25, -0.2) is 9.69 Å². The number of carbonyl (C=O) groups excluding carboxylic acids is 2. The number of nitrogens with zero attached hydrogens (tertiary/aromatic N) is 3. The van der Waals surface area contributed by atoms with E-state index in [1.54, 1.807) is 13.1 Å². The first-order valence-corrected chi connectivity index (χ1v) is 7.43. The number of esters is 1. The third kappa shape index (κ3) is 2.35. The Labute approximate surface area is 133 Å². The Kier molecular flexibility index (Phi) is 4.74. The molecule has 1 amide bonds. The van der Waals surface area contributed by atoms with Crippen LogP contribution in [0.1, 0.15) is 19.8 Å². The van der Waals surface area contributed by atoms with Crippen LogP contribution in [0, 0.1) is 34.1 Å². The van der Waals surface area contributed by atoms with Crippen molar-refractivity contribution >= 4 is 24.5 Å². The van der Waals surface area contributed by atoms with Gasteiger partial charge in [0.1, 0.15) is 10.9 Å². The monoisotopic (exact) mass is 320 g/mol. The fourth-order valence-corrected chi connectivity index (χ4v) is 3.59. The molecule has 116 valence electrons. The minimum atomic E-state index is -1.09. The Balaban J connectivity index is 2.66. The number of amides is 1. The second-order valence-corrected chi connectivity index (χ2v) is 5.58. The van der Waals surface area contributed by atoms with E-state index in [9.17, 15) is 14.9 Å². The minimum absolute atomic E-state index is 0.0284. The highest BCUT2D eigenvalue weighted by Crippen LogP contribution is 2.50. The van der Waals surface area contributed by atoms with E-state index >= 15 is 0 Å². The summed E-state index contributed by atoms with van der Waals surface area (Å²) in [6, 6.07) is 1.98. The zero-order valence-electron chi connectivity index (χ0n) is 12.1. The number of hydrogen-bond acceptors (Lipinski definition) is 7. The molecule has 2 aliphatic rings. The van der Waals surface area contributed by atoms with E-state index < -0.39 is 23.2 Å². The maximum atomic E-state index is 12.4. The normalized spacial score (nSPS) is 23.9. The lowest BCUT2D eigenvalue weighted by Crippen LogP contribution is -2.53.